The van der Waals surface area contributed by atoms with Crippen molar-refractivity contribution in [1.29, 1.82) is 0 Å². The van der Waals surface area contributed by atoms with Crippen LogP contribution in [0.15, 0.2) is 22.4 Å². The molecule has 13 heavy (non-hydrogen) atoms. The summed E-state index contributed by atoms with van der Waals surface area (Å²) < 4.78 is 6.11. The molecule has 0 atom stereocenters. The van der Waals surface area contributed by atoms with Crippen LogP contribution in [0.2, 0.25) is 0 Å². The van der Waals surface area contributed by atoms with Crippen molar-refractivity contribution in [2.24, 2.45) is 0 Å². The molecule has 0 aliphatic rings. The van der Waals surface area contributed by atoms with Gasteiger partial charge in [-0.3, -0.25) is 0 Å². The number of ether oxygens (including phenoxy) is 1. The summed E-state index contributed by atoms with van der Waals surface area (Å²) in [6, 6.07) is 3.76. The summed E-state index contributed by atoms with van der Waals surface area (Å²) in [5, 5.41) is 12.0. The van der Waals surface area contributed by atoms with Crippen LogP contribution >= 0.6 is 24.0 Å². The highest BCUT2D eigenvalue weighted by Crippen LogP contribution is 2.40. The Morgan fingerprint density at radius 3 is 2.92 bits per heavy atom. The van der Waals surface area contributed by atoms with Crippen molar-refractivity contribution in [2.75, 3.05) is 7.11 Å². The zero-order valence-electron chi connectivity index (χ0n) is 6.94. The Bertz CT molecular complexity index is 448. The second-order valence-electron chi connectivity index (χ2n) is 2.61. The molecule has 0 fully saturated rings. The molecule has 2 aromatic rings. The molecule has 0 aliphatic carbocycles. The fourth-order valence-electron chi connectivity index (χ4n) is 1.24. The van der Waals surface area contributed by atoms with Crippen LogP contribution in [0.5, 0.6) is 11.5 Å². The summed E-state index contributed by atoms with van der Waals surface area (Å²) in [6.07, 6.45) is 0. The first-order chi connectivity index (χ1) is 6.24. The molecule has 0 bridgehead atoms. The molecule has 2 rings (SSSR count). The molecule has 0 saturated carbocycles. The van der Waals surface area contributed by atoms with E-state index in [0.29, 0.717) is 10.6 Å². The van der Waals surface area contributed by atoms with Gasteiger partial charge in [-0.25, -0.2) is 0 Å². The summed E-state index contributed by atoms with van der Waals surface area (Å²) in [5.74, 6) is 0.952. The van der Waals surface area contributed by atoms with Gasteiger partial charge in [0.15, 0.2) is 0 Å². The number of aromatic hydroxyl groups is 1. The fourth-order valence-corrected chi connectivity index (χ4v) is 2.55. The molecule has 0 amide bonds. The molecule has 4 heteroatoms. The molecule has 0 radical (unpaired) electrons. The van der Waals surface area contributed by atoms with Gasteiger partial charge in [-0.15, -0.1) is 24.0 Å². The largest absolute Gasteiger partial charge is 0.506 e. The second-order valence-corrected chi connectivity index (χ2v) is 3.97. The standard InChI is InChI=1S/C9H8O2S2/c1-11-6-2-3-7-8(9(6)12)5(10)4-13-7/h2-4,10,12H,1H3. The Morgan fingerprint density at radius 1 is 1.46 bits per heavy atom. The minimum absolute atomic E-state index is 0.268. The Balaban J connectivity index is 2.83. The van der Waals surface area contributed by atoms with E-state index < -0.39 is 0 Å². The number of hydrogen-bond acceptors (Lipinski definition) is 4. The van der Waals surface area contributed by atoms with Gasteiger partial charge in [0.1, 0.15) is 11.5 Å². The highest BCUT2D eigenvalue weighted by molar-refractivity contribution is 7.80. The Kier molecular flexibility index (Phi) is 2.09. The van der Waals surface area contributed by atoms with Gasteiger partial charge in [0.25, 0.3) is 0 Å². The first-order valence-corrected chi connectivity index (χ1v) is 5.03. The van der Waals surface area contributed by atoms with Crippen LogP contribution in [-0.2, 0) is 0 Å². The summed E-state index contributed by atoms with van der Waals surface area (Å²) in [6.45, 7) is 0. The zero-order valence-corrected chi connectivity index (χ0v) is 8.65. The molecule has 0 aliphatic heterocycles. The zero-order chi connectivity index (χ0) is 9.42. The lowest BCUT2D eigenvalue weighted by Gasteiger charge is -2.04. The fraction of sp³-hybridized carbons (Fsp3) is 0.111. The number of benzene rings is 1. The SMILES string of the molecule is COc1ccc2scc(O)c2c1S. The number of methoxy groups -OCH3 is 1. The minimum Gasteiger partial charge on any atom is -0.506 e. The molecule has 0 spiro atoms. The van der Waals surface area contributed by atoms with Gasteiger partial charge >= 0.3 is 0 Å². The topological polar surface area (TPSA) is 29.5 Å². The van der Waals surface area contributed by atoms with Crippen molar-refractivity contribution in [1.82, 2.24) is 0 Å². The minimum atomic E-state index is 0.268. The maximum absolute atomic E-state index is 9.52. The van der Waals surface area contributed by atoms with E-state index in [2.05, 4.69) is 12.6 Å². The lowest BCUT2D eigenvalue weighted by atomic mass is 10.2. The molecule has 1 N–H and O–H groups in total. The van der Waals surface area contributed by atoms with Gasteiger partial charge in [0, 0.05) is 10.1 Å². The van der Waals surface area contributed by atoms with Gasteiger partial charge < -0.3 is 9.84 Å². The maximum Gasteiger partial charge on any atom is 0.135 e. The van der Waals surface area contributed by atoms with Gasteiger partial charge in [-0.2, -0.15) is 0 Å². The van der Waals surface area contributed by atoms with Gasteiger partial charge in [0.2, 0.25) is 0 Å². The van der Waals surface area contributed by atoms with Crippen molar-refractivity contribution in [3.63, 3.8) is 0 Å². The van der Waals surface area contributed by atoms with Gasteiger partial charge in [0.05, 0.1) is 17.4 Å². The highest BCUT2D eigenvalue weighted by Gasteiger charge is 2.09. The monoisotopic (exact) mass is 212 g/mol. The van der Waals surface area contributed by atoms with Crippen LogP contribution in [0, 0.1) is 0 Å². The predicted octanol–water partition coefficient (Wildman–Crippen LogP) is 2.90. The third-order valence-corrected chi connectivity index (χ3v) is 3.26. The van der Waals surface area contributed by atoms with Crippen LogP contribution in [-0.4, -0.2) is 12.2 Å². The van der Waals surface area contributed by atoms with Crippen molar-refractivity contribution in [2.45, 2.75) is 4.90 Å². The van der Waals surface area contributed by atoms with Crippen molar-refractivity contribution in [3.8, 4) is 11.5 Å². The number of rotatable bonds is 1. The van der Waals surface area contributed by atoms with Crippen molar-refractivity contribution >= 4 is 34.1 Å². The quantitative estimate of drug-likeness (QED) is 0.712. The molecule has 2 nitrogen and oxygen atoms in total. The Labute approximate surface area is 85.2 Å². The smallest absolute Gasteiger partial charge is 0.135 e. The summed E-state index contributed by atoms with van der Waals surface area (Å²) in [4.78, 5) is 0.693. The van der Waals surface area contributed by atoms with Gasteiger partial charge in [-0.05, 0) is 12.1 Å². The third-order valence-electron chi connectivity index (χ3n) is 1.88. The Morgan fingerprint density at radius 2 is 2.23 bits per heavy atom. The van der Waals surface area contributed by atoms with Crippen LogP contribution in [0.25, 0.3) is 10.1 Å². The van der Waals surface area contributed by atoms with Crippen LogP contribution in [0.1, 0.15) is 0 Å². The van der Waals surface area contributed by atoms with E-state index in [1.807, 2.05) is 12.1 Å². The van der Waals surface area contributed by atoms with Crippen molar-refractivity contribution < 1.29 is 9.84 Å². The molecule has 1 aromatic carbocycles. The maximum atomic E-state index is 9.52. The van der Waals surface area contributed by atoms with Crippen LogP contribution in [0.4, 0.5) is 0 Å². The predicted molar refractivity (Wildman–Crippen MR) is 57.3 cm³/mol. The third kappa shape index (κ3) is 1.26. The number of fused-ring (bicyclic) bond motifs is 1. The van der Waals surface area contributed by atoms with E-state index >= 15 is 0 Å². The molecule has 0 saturated heterocycles. The van der Waals surface area contributed by atoms with E-state index in [-0.39, 0.29) is 5.75 Å². The normalized spacial score (nSPS) is 10.6. The van der Waals surface area contributed by atoms with E-state index in [1.165, 1.54) is 11.3 Å². The lowest BCUT2D eigenvalue weighted by molar-refractivity contribution is 0.405. The molecule has 1 aromatic heterocycles. The van der Waals surface area contributed by atoms with E-state index in [9.17, 15) is 5.11 Å². The second kappa shape index (κ2) is 3.12. The van der Waals surface area contributed by atoms with E-state index in [4.69, 9.17) is 4.74 Å². The molecule has 68 valence electrons. The average molecular weight is 212 g/mol. The van der Waals surface area contributed by atoms with E-state index in [1.54, 1.807) is 12.5 Å². The number of thiol groups is 1. The number of thiophene rings is 1. The van der Waals surface area contributed by atoms with Gasteiger partial charge in [-0.1, -0.05) is 0 Å². The first-order valence-electron chi connectivity index (χ1n) is 3.70. The van der Waals surface area contributed by atoms with Crippen molar-refractivity contribution in [3.05, 3.63) is 17.5 Å². The highest BCUT2D eigenvalue weighted by atomic mass is 32.1. The molecule has 0 unspecified atom stereocenters. The van der Waals surface area contributed by atoms with Crippen LogP contribution in [0.3, 0.4) is 0 Å². The first kappa shape index (κ1) is 8.72. The molecular formula is C9H8O2S2. The molecule has 1 heterocycles. The van der Waals surface area contributed by atoms with E-state index in [0.717, 1.165) is 10.1 Å². The summed E-state index contributed by atoms with van der Waals surface area (Å²) in [7, 11) is 1.59. The summed E-state index contributed by atoms with van der Waals surface area (Å²) >= 11 is 5.79. The molecular weight excluding hydrogens is 204 g/mol. The van der Waals surface area contributed by atoms with Crippen LogP contribution < -0.4 is 4.74 Å². The Hall–Kier alpha value is -0.870. The average Bonchev–Trinajstić information content (AvgIpc) is 2.49. The summed E-state index contributed by atoms with van der Waals surface area (Å²) in [5.41, 5.74) is 0. The number of hydrogen-bond donors (Lipinski definition) is 2. The lowest BCUT2D eigenvalue weighted by Crippen LogP contribution is -1.83.